The van der Waals surface area contributed by atoms with Crippen LogP contribution in [0.5, 0.6) is 0 Å². The van der Waals surface area contributed by atoms with Gasteiger partial charge in [-0.25, -0.2) is 44.7 Å². The van der Waals surface area contributed by atoms with E-state index in [0.29, 0.717) is 78.2 Å². The number of hydrogen-bond donors (Lipinski definition) is 9. The van der Waals surface area contributed by atoms with Gasteiger partial charge in [0.15, 0.2) is 23.3 Å². The number of likely N-dealkylation sites (N-methyl/N-ethyl adjacent to an activating group) is 4. The highest BCUT2D eigenvalue weighted by Gasteiger charge is 2.57. The molecule has 0 radical (unpaired) electrons. The average molecular weight is 1580 g/mol. The first-order valence-corrected chi connectivity index (χ1v) is 37.9. The number of carbonyl (C=O) groups excluding carboxylic acids is 7. The number of nitrogens with two attached hydrogens (primary N) is 1. The zero-order chi connectivity index (χ0) is 81.1. The minimum absolute atomic E-state index is 0.00887. The van der Waals surface area contributed by atoms with Crippen molar-refractivity contribution < 1.29 is 43.5 Å². The molecule has 117 heavy (non-hydrogen) atoms. The molecule has 8 aliphatic rings. The van der Waals surface area contributed by atoms with Crippen molar-refractivity contribution in [1.82, 2.24) is 117 Å². The van der Waals surface area contributed by atoms with Gasteiger partial charge < -0.3 is 26.8 Å². The SMILES string of the molecule is CN1C(=O)[C@@H](N)[C@H]2C[C@H]2c2nccnc21.CN1C(=O)[C@@H](NC(=O)c2n[nH]c(Cc3ccccc3)n2)[C@H]2C[C@H]2c2nccnc21.CN1C(=O)[C@@H](NC(=O)c2n[nH]c(Cc3ccccc3)n2)[C@H]2C[C@H]2c2nccnc21.CN1C(=O)[C@H](NC(=O)c2n[nH]c(Cc3ccccc3)n2)[C@@H]2C[C@@H]2c2nccnc21.O=C(O)c1n[nH]c(Cc2ccccc2)n1. The van der Waals surface area contributed by atoms with Crippen molar-refractivity contribution in [2.45, 2.75) is 99.2 Å². The Morgan fingerprint density at radius 2 is 0.598 bits per heavy atom. The number of fused-ring (bicyclic) bond motifs is 12. The van der Waals surface area contributed by atoms with Crippen molar-refractivity contribution in [1.29, 1.82) is 0 Å². The Balaban J connectivity index is 0.000000112. The molecule has 12 atom stereocenters. The maximum absolute atomic E-state index is 13.0. The van der Waals surface area contributed by atoms with Crippen LogP contribution in [0, 0.1) is 23.7 Å². The lowest BCUT2D eigenvalue weighted by atomic mass is 10.1. The molecule has 0 unspecified atom stereocenters. The molecule has 12 heterocycles. The lowest BCUT2D eigenvalue weighted by Crippen LogP contribution is -2.48. The van der Waals surface area contributed by atoms with Gasteiger partial charge >= 0.3 is 5.97 Å². The Labute approximate surface area is 666 Å². The topological polar surface area (TPSA) is 501 Å². The van der Waals surface area contributed by atoms with E-state index in [1.54, 1.807) is 77.8 Å². The fraction of sp³-hybridized carbons (Fsp3) is 0.300. The molecular weight excluding hydrogens is 1500 g/mol. The van der Waals surface area contributed by atoms with Crippen LogP contribution >= 0.6 is 0 Å². The van der Waals surface area contributed by atoms with Gasteiger partial charge in [0, 0.05) is 127 Å². The number of nitrogens with one attached hydrogen (secondary N) is 7. The van der Waals surface area contributed by atoms with Crippen molar-refractivity contribution >= 4 is 70.6 Å². The number of rotatable bonds is 15. The third kappa shape index (κ3) is 16.7. The summed E-state index contributed by atoms with van der Waals surface area (Å²) < 4.78 is 0. The molecule has 10 N–H and O–H groups in total. The van der Waals surface area contributed by atoms with E-state index < -0.39 is 47.9 Å². The van der Waals surface area contributed by atoms with E-state index in [0.717, 1.165) is 70.7 Å². The Bertz CT molecular complexity index is 5280. The summed E-state index contributed by atoms with van der Waals surface area (Å²) in [4.78, 5) is 157. The van der Waals surface area contributed by atoms with Crippen LogP contribution in [0.2, 0.25) is 0 Å². The van der Waals surface area contributed by atoms with E-state index in [9.17, 15) is 38.4 Å². The van der Waals surface area contributed by atoms with Crippen LogP contribution in [0.25, 0.3) is 0 Å². The summed E-state index contributed by atoms with van der Waals surface area (Å²) in [5, 5.41) is 43.8. The van der Waals surface area contributed by atoms with Crippen molar-refractivity contribution in [2.75, 3.05) is 47.8 Å². The second kappa shape index (κ2) is 32.9. The number of carboxylic acids is 1. The zero-order valence-electron chi connectivity index (χ0n) is 63.5. The number of hydrogen-bond acceptors (Lipinski definition) is 25. The highest BCUT2D eigenvalue weighted by Crippen LogP contribution is 2.56. The van der Waals surface area contributed by atoms with Gasteiger partial charge in [-0.15, -0.1) is 20.4 Å². The summed E-state index contributed by atoms with van der Waals surface area (Å²) in [6.07, 6.45) is 18.4. The Hall–Kier alpha value is -14.5. The number of anilines is 4. The van der Waals surface area contributed by atoms with Crippen LogP contribution in [0.1, 0.15) is 160 Å². The molecule has 4 aliphatic carbocycles. The van der Waals surface area contributed by atoms with Gasteiger partial charge in [-0.1, -0.05) is 121 Å². The number of benzene rings is 4. The van der Waals surface area contributed by atoms with Crippen molar-refractivity contribution in [3.63, 3.8) is 0 Å². The third-order valence-corrected chi connectivity index (χ3v) is 21.7. The number of H-pyrrole nitrogens is 4. The summed E-state index contributed by atoms with van der Waals surface area (Å²) in [6, 6.07) is 36.7. The van der Waals surface area contributed by atoms with E-state index in [1.807, 2.05) is 121 Å². The predicted molar refractivity (Wildman–Crippen MR) is 416 cm³/mol. The van der Waals surface area contributed by atoms with Crippen molar-refractivity contribution in [2.24, 2.45) is 29.4 Å². The number of carbonyl (C=O) groups is 8. The molecule has 0 spiro atoms. The number of aromatic nitrogens is 20. The van der Waals surface area contributed by atoms with Gasteiger partial charge in [0.05, 0.1) is 28.8 Å². The number of aromatic amines is 4. The van der Waals surface area contributed by atoms with Crippen molar-refractivity contribution in [3.05, 3.63) is 263 Å². The number of nitrogens with zero attached hydrogens (tertiary/aromatic N) is 20. The maximum Gasteiger partial charge on any atom is 0.375 e. The largest absolute Gasteiger partial charge is 0.475 e. The quantitative estimate of drug-likeness (QED) is 0.0695. The van der Waals surface area contributed by atoms with Gasteiger partial charge in [-0.2, -0.15) is 0 Å². The minimum Gasteiger partial charge on any atom is -0.475 e. The molecular formula is C80H78N28O9. The fourth-order valence-electron chi connectivity index (χ4n) is 15.2. The normalized spacial score (nSPS) is 22.2. The first-order valence-electron chi connectivity index (χ1n) is 37.9. The highest BCUT2D eigenvalue weighted by molar-refractivity contribution is 6.04. The Kier molecular flexibility index (Phi) is 21.5. The molecule has 7 amide bonds. The molecule has 0 bridgehead atoms. The standard InChI is InChI=1S/3C20H19N7O2.C10H12N4O.C10H9N3O2/c3*1-27-18-15(21-7-8-22-18)12-10-13(12)16(20(27)29)24-19(28)17-23-14(25-26-17)9-11-5-3-2-4-6-11;1-14-9-8(12-2-3-13-9)6-4-5(6)7(11)10(14)15;14-10(15)9-11-8(12-13-9)6-7-4-2-1-3-5-7/h3*2-8,12-13,16H,9-10H2,1H3,(H,24,28)(H,23,25,26);2-3,5-7H,4,11H2,1H3;1-5H,6H2,(H,14,15)(H,11,12,13)/t3*12-,13+,16+;5-,6+,7-;/m1100./s1. The second-order valence-electron chi connectivity index (χ2n) is 29.4. The number of amides is 7. The molecule has 4 fully saturated rings. The zero-order valence-corrected chi connectivity index (χ0v) is 63.5. The van der Waals surface area contributed by atoms with Gasteiger partial charge in [0.1, 0.15) is 41.4 Å². The molecule has 20 rings (SSSR count). The highest BCUT2D eigenvalue weighted by atomic mass is 16.4. The summed E-state index contributed by atoms with van der Waals surface area (Å²) in [7, 11) is 6.68. The average Bonchev–Trinajstić information content (AvgIpc) is 1.61. The van der Waals surface area contributed by atoms with E-state index in [1.165, 1.54) is 19.6 Å². The minimum atomic E-state index is -1.12. The van der Waals surface area contributed by atoms with Crippen LogP contribution in [0.3, 0.4) is 0 Å². The predicted octanol–water partition coefficient (Wildman–Crippen LogP) is 4.17. The first-order chi connectivity index (χ1) is 56.8. The Morgan fingerprint density at radius 1 is 0.359 bits per heavy atom. The molecule has 8 aromatic heterocycles. The molecule has 0 saturated heterocycles. The smallest absolute Gasteiger partial charge is 0.375 e. The lowest BCUT2D eigenvalue weighted by Gasteiger charge is -2.22. The summed E-state index contributed by atoms with van der Waals surface area (Å²) in [5.41, 5.74) is 13.5. The van der Waals surface area contributed by atoms with Crippen LogP contribution in [-0.4, -0.2) is 205 Å². The molecule has 4 saturated carbocycles. The molecule has 37 nitrogen and oxygen atoms in total. The number of aromatic carboxylic acids is 1. The van der Waals surface area contributed by atoms with Crippen LogP contribution in [0.4, 0.5) is 23.3 Å². The molecule has 4 aliphatic heterocycles. The fourth-order valence-corrected chi connectivity index (χ4v) is 15.2. The first kappa shape index (κ1) is 76.5. The van der Waals surface area contributed by atoms with Gasteiger partial charge in [0.25, 0.3) is 41.3 Å². The van der Waals surface area contributed by atoms with Gasteiger partial charge in [0.2, 0.25) is 23.4 Å². The van der Waals surface area contributed by atoms with Crippen LogP contribution < -0.4 is 41.3 Å². The second-order valence-corrected chi connectivity index (χ2v) is 29.4. The van der Waals surface area contributed by atoms with E-state index in [-0.39, 0.29) is 88.4 Å². The van der Waals surface area contributed by atoms with E-state index in [2.05, 4.69) is 117 Å². The maximum atomic E-state index is 13.0. The summed E-state index contributed by atoms with van der Waals surface area (Å²) in [6.45, 7) is 0. The summed E-state index contributed by atoms with van der Waals surface area (Å²) in [5.74, 6) is 2.38. The van der Waals surface area contributed by atoms with Crippen LogP contribution in [0.15, 0.2) is 171 Å². The third-order valence-electron chi connectivity index (χ3n) is 21.7. The summed E-state index contributed by atoms with van der Waals surface area (Å²) >= 11 is 0. The molecule has 592 valence electrons. The Morgan fingerprint density at radius 3 is 0.872 bits per heavy atom. The molecule has 12 aromatic rings. The van der Waals surface area contributed by atoms with Gasteiger partial charge in [-0.05, 0) is 71.6 Å². The number of carboxylic acid groups (broad SMARTS) is 1. The van der Waals surface area contributed by atoms with Crippen LogP contribution in [-0.2, 0) is 44.9 Å². The molecule has 37 heteroatoms. The monoisotopic (exact) mass is 1570 g/mol. The molecule has 4 aromatic carbocycles. The van der Waals surface area contributed by atoms with E-state index in [4.69, 9.17) is 10.8 Å². The lowest BCUT2D eigenvalue weighted by molar-refractivity contribution is -0.121. The van der Waals surface area contributed by atoms with E-state index >= 15 is 0 Å². The van der Waals surface area contributed by atoms with Gasteiger partial charge in [-0.3, -0.25) is 93.5 Å². The van der Waals surface area contributed by atoms with Crippen molar-refractivity contribution in [3.8, 4) is 0 Å².